The fourth-order valence-electron chi connectivity index (χ4n) is 8.46. The SMILES string of the molecule is C[C@]12CCC(=NOCC(=O)N3CCCC3C(=O)O)C=C1CC[C@@H]1[C@@H]2CC[C@@]2(C)[C@H]1CC[C@]2(C)O. The van der Waals surface area contributed by atoms with Crippen LogP contribution in [0.15, 0.2) is 16.8 Å². The Kier molecular flexibility index (Phi) is 5.85. The van der Waals surface area contributed by atoms with Gasteiger partial charge in [-0.2, -0.15) is 0 Å². The summed E-state index contributed by atoms with van der Waals surface area (Å²) in [6, 6.07) is -0.739. The lowest BCUT2D eigenvalue weighted by Crippen LogP contribution is -2.53. The van der Waals surface area contributed by atoms with Crippen LogP contribution in [-0.4, -0.2) is 57.5 Å². The molecule has 4 aliphatic carbocycles. The summed E-state index contributed by atoms with van der Waals surface area (Å²) in [5.74, 6) is 0.704. The number of allylic oxidation sites excluding steroid dienone is 2. The van der Waals surface area contributed by atoms with Crippen LogP contribution in [0.2, 0.25) is 0 Å². The minimum atomic E-state index is -0.951. The Morgan fingerprint density at radius 2 is 1.85 bits per heavy atom. The van der Waals surface area contributed by atoms with Crippen LogP contribution in [-0.2, 0) is 14.4 Å². The van der Waals surface area contributed by atoms with Crippen molar-refractivity contribution in [3.63, 3.8) is 0 Å². The van der Waals surface area contributed by atoms with E-state index in [9.17, 15) is 19.8 Å². The zero-order valence-electron chi connectivity index (χ0n) is 20.9. The molecule has 1 amide bonds. The van der Waals surface area contributed by atoms with Gasteiger partial charge < -0.3 is 20.0 Å². The van der Waals surface area contributed by atoms with Crippen molar-refractivity contribution in [2.75, 3.05) is 13.2 Å². The van der Waals surface area contributed by atoms with Crippen molar-refractivity contribution in [1.82, 2.24) is 4.90 Å². The number of oxime groups is 1. The summed E-state index contributed by atoms with van der Waals surface area (Å²) in [6.07, 6.45) is 11.9. The van der Waals surface area contributed by atoms with E-state index in [1.54, 1.807) is 0 Å². The molecule has 1 unspecified atom stereocenters. The van der Waals surface area contributed by atoms with E-state index in [2.05, 4.69) is 32.0 Å². The summed E-state index contributed by atoms with van der Waals surface area (Å²) < 4.78 is 0. The van der Waals surface area contributed by atoms with Crippen molar-refractivity contribution in [3.8, 4) is 0 Å². The van der Waals surface area contributed by atoms with E-state index in [1.165, 1.54) is 23.3 Å². The zero-order chi connectivity index (χ0) is 24.3. The fraction of sp³-hybridized carbons (Fsp3) is 0.815. The van der Waals surface area contributed by atoms with Crippen molar-refractivity contribution in [2.45, 2.75) is 96.6 Å². The summed E-state index contributed by atoms with van der Waals surface area (Å²) in [7, 11) is 0. The first-order valence-electron chi connectivity index (χ1n) is 13.2. The number of carboxylic acids is 1. The van der Waals surface area contributed by atoms with Crippen LogP contribution in [0, 0.1) is 28.6 Å². The molecule has 5 aliphatic rings. The van der Waals surface area contributed by atoms with E-state index >= 15 is 0 Å². The molecule has 0 aromatic carbocycles. The highest BCUT2D eigenvalue weighted by atomic mass is 16.6. The number of aliphatic carboxylic acids is 1. The zero-order valence-corrected chi connectivity index (χ0v) is 20.9. The molecule has 0 bridgehead atoms. The van der Waals surface area contributed by atoms with Gasteiger partial charge in [0.1, 0.15) is 6.04 Å². The lowest BCUT2D eigenvalue weighted by atomic mass is 9.46. The summed E-state index contributed by atoms with van der Waals surface area (Å²) >= 11 is 0. The van der Waals surface area contributed by atoms with Gasteiger partial charge in [-0.05, 0) is 106 Å². The predicted molar refractivity (Wildman–Crippen MR) is 128 cm³/mol. The topological polar surface area (TPSA) is 99.4 Å². The van der Waals surface area contributed by atoms with Crippen LogP contribution in [0.25, 0.3) is 0 Å². The van der Waals surface area contributed by atoms with Gasteiger partial charge in [0.2, 0.25) is 0 Å². The molecule has 0 aromatic rings. The number of fused-ring (bicyclic) bond motifs is 5. The Bertz CT molecular complexity index is 926. The van der Waals surface area contributed by atoms with E-state index in [4.69, 9.17) is 4.84 Å². The third-order valence-electron chi connectivity index (χ3n) is 10.8. The van der Waals surface area contributed by atoms with Crippen molar-refractivity contribution >= 4 is 17.6 Å². The van der Waals surface area contributed by atoms with Crippen LogP contribution in [0.5, 0.6) is 0 Å². The van der Waals surface area contributed by atoms with Crippen LogP contribution in [0.1, 0.15) is 85.0 Å². The minimum absolute atomic E-state index is 0.0440. The predicted octanol–water partition coefficient (Wildman–Crippen LogP) is 4.15. The van der Waals surface area contributed by atoms with E-state index in [0.29, 0.717) is 37.1 Å². The monoisotopic (exact) mass is 472 g/mol. The van der Waals surface area contributed by atoms with Gasteiger partial charge in [-0.15, -0.1) is 0 Å². The van der Waals surface area contributed by atoms with Gasteiger partial charge in [-0.3, -0.25) is 4.79 Å². The molecule has 188 valence electrons. The number of amides is 1. The molecule has 2 N–H and O–H groups in total. The second kappa shape index (κ2) is 8.35. The number of carbonyl (C=O) groups is 2. The molecular formula is C27H40N2O5. The molecule has 1 heterocycles. The first-order chi connectivity index (χ1) is 16.1. The average molecular weight is 473 g/mol. The van der Waals surface area contributed by atoms with E-state index in [0.717, 1.165) is 44.2 Å². The van der Waals surface area contributed by atoms with Gasteiger partial charge >= 0.3 is 5.97 Å². The van der Waals surface area contributed by atoms with Gasteiger partial charge in [0.25, 0.3) is 5.91 Å². The lowest BCUT2D eigenvalue weighted by Gasteiger charge is -2.59. The number of carboxylic acid groups (broad SMARTS) is 1. The molecular weight excluding hydrogens is 432 g/mol. The van der Waals surface area contributed by atoms with Crippen LogP contribution in [0.3, 0.4) is 0 Å². The van der Waals surface area contributed by atoms with Crippen molar-refractivity contribution in [1.29, 1.82) is 0 Å². The summed E-state index contributed by atoms with van der Waals surface area (Å²) in [5.41, 5.74) is 2.03. The number of rotatable bonds is 4. The smallest absolute Gasteiger partial charge is 0.326 e. The molecule has 4 fully saturated rings. The molecule has 0 spiro atoms. The average Bonchev–Trinajstić information content (AvgIpc) is 3.37. The number of nitrogens with zero attached hydrogens (tertiary/aromatic N) is 2. The second-order valence-electron chi connectivity index (χ2n) is 12.2. The highest BCUT2D eigenvalue weighted by molar-refractivity contribution is 5.96. The minimum Gasteiger partial charge on any atom is -0.480 e. The largest absolute Gasteiger partial charge is 0.480 e. The molecule has 7 atom stereocenters. The number of likely N-dealkylation sites (tertiary alicyclic amines) is 1. The van der Waals surface area contributed by atoms with Gasteiger partial charge in [-0.1, -0.05) is 24.6 Å². The Balaban J connectivity index is 1.25. The maximum Gasteiger partial charge on any atom is 0.326 e. The summed E-state index contributed by atoms with van der Waals surface area (Å²) in [6.45, 7) is 7.09. The molecule has 7 nitrogen and oxygen atoms in total. The van der Waals surface area contributed by atoms with Gasteiger partial charge in [0.05, 0.1) is 11.3 Å². The number of aliphatic hydroxyl groups is 1. The Morgan fingerprint density at radius 3 is 2.62 bits per heavy atom. The molecule has 0 radical (unpaired) electrons. The van der Waals surface area contributed by atoms with Gasteiger partial charge in [0, 0.05) is 6.54 Å². The van der Waals surface area contributed by atoms with Crippen molar-refractivity contribution < 1.29 is 24.6 Å². The Labute approximate surface area is 202 Å². The van der Waals surface area contributed by atoms with Gasteiger partial charge in [-0.25, -0.2) is 4.79 Å². The lowest BCUT2D eigenvalue weighted by molar-refractivity contribution is -0.150. The number of hydrogen-bond donors (Lipinski definition) is 2. The van der Waals surface area contributed by atoms with Crippen molar-refractivity contribution in [3.05, 3.63) is 11.6 Å². The highest BCUT2D eigenvalue weighted by Crippen LogP contribution is 2.67. The maximum atomic E-state index is 12.4. The molecule has 1 saturated heterocycles. The molecule has 0 aromatic heterocycles. The van der Waals surface area contributed by atoms with E-state index < -0.39 is 17.6 Å². The van der Waals surface area contributed by atoms with E-state index in [1.807, 2.05) is 0 Å². The summed E-state index contributed by atoms with van der Waals surface area (Å²) in [5, 5.41) is 24.7. The third-order valence-corrected chi connectivity index (χ3v) is 10.8. The third kappa shape index (κ3) is 3.61. The summed E-state index contributed by atoms with van der Waals surface area (Å²) in [4.78, 5) is 30.6. The molecule has 7 heteroatoms. The Morgan fingerprint density at radius 1 is 1.09 bits per heavy atom. The second-order valence-corrected chi connectivity index (χ2v) is 12.2. The van der Waals surface area contributed by atoms with Gasteiger partial charge in [0.15, 0.2) is 6.61 Å². The first-order valence-corrected chi connectivity index (χ1v) is 13.2. The molecule has 3 saturated carbocycles. The normalized spacial score (nSPS) is 44.8. The standard InChI is InChI=1S/C27H40N2O5/c1-25-11-8-18(28-34-16-23(30)29-14-4-5-22(29)24(31)32)15-17(25)6-7-19-20(25)9-12-26(2)21(19)10-13-27(26,3)33/h15,19-22,33H,4-14,16H2,1-3H3,(H,31,32)/t19-,20+,21+,22?,25+,26+,27+/m1/s1. The fourth-order valence-corrected chi connectivity index (χ4v) is 8.46. The Hall–Kier alpha value is -1.89. The first kappa shape index (κ1) is 23.8. The molecule has 1 aliphatic heterocycles. The molecule has 5 rings (SSSR count). The number of hydrogen-bond acceptors (Lipinski definition) is 5. The number of carbonyl (C=O) groups excluding carboxylic acids is 1. The van der Waals surface area contributed by atoms with E-state index in [-0.39, 0.29) is 23.3 Å². The van der Waals surface area contributed by atoms with Crippen molar-refractivity contribution in [2.24, 2.45) is 33.7 Å². The maximum absolute atomic E-state index is 12.4. The van der Waals surface area contributed by atoms with Crippen LogP contribution >= 0.6 is 0 Å². The highest BCUT2D eigenvalue weighted by Gasteiger charge is 2.62. The van der Waals surface area contributed by atoms with Crippen LogP contribution < -0.4 is 0 Å². The quantitative estimate of drug-likeness (QED) is 0.599. The molecule has 34 heavy (non-hydrogen) atoms. The van der Waals surface area contributed by atoms with Crippen LogP contribution in [0.4, 0.5) is 0 Å².